The van der Waals surface area contributed by atoms with E-state index in [0.29, 0.717) is 6.54 Å². The zero-order chi connectivity index (χ0) is 24.1. The summed E-state index contributed by atoms with van der Waals surface area (Å²) in [4.78, 5) is 36.2. The number of methoxy groups -OCH3 is 1. The molecule has 0 spiro atoms. The van der Waals surface area contributed by atoms with E-state index in [9.17, 15) is 22.8 Å². The van der Waals surface area contributed by atoms with Crippen LogP contribution in [0.3, 0.4) is 0 Å². The van der Waals surface area contributed by atoms with E-state index < -0.39 is 34.0 Å². The van der Waals surface area contributed by atoms with Gasteiger partial charge in [0, 0.05) is 18.6 Å². The summed E-state index contributed by atoms with van der Waals surface area (Å²) in [5.41, 5.74) is -0.0553. The van der Waals surface area contributed by atoms with Crippen molar-refractivity contribution in [3.05, 3.63) is 23.8 Å². The highest BCUT2D eigenvalue weighted by molar-refractivity contribution is 7.89. The van der Waals surface area contributed by atoms with Crippen molar-refractivity contribution in [1.82, 2.24) is 14.9 Å². The average molecular weight is 470 g/mol. The molecular formula is C21H31N3O7S. The summed E-state index contributed by atoms with van der Waals surface area (Å²) in [6.07, 6.45) is 1.18. The Morgan fingerprint density at radius 2 is 1.84 bits per heavy atom. The highest BCUT2D eigenvalue weighted by atomic mass is 32.2. The molecule has 1 aromatic carbocycles. The summed E-state index contributed by atoms with van der Waals surface area (Å²) in [6, 6.07) is 2.86. The van der Waals surface area contributed by atoms with Crippen LogP contribution in [-0.4, -0.2) is 62.5 Å². The molecule has 1 saturated heterocycles. The Kier molecular flexibility index (Phi) is 8.62. The molecule has 2 N–H and O–H groups in total. The van der Waals surface area contributed by atoms with E-state index >= 15 is 0 Å². The number of hydrogen-bond donors (Lipinski definition) is 2. The Morgan fingerprint density at radius 3 is 2.44 bits per heavy atom. The van der Waals surface area contributed by atoms with E-state index in [0.717, 1.165) is 19.3 Å². The number of amides is 3. The lowest BCUT2D eigenvalue weighted by atomic mass is 10.1. The van der Waals surface area contributed by atoms with E-state index in [1.165, 1.54) is 36.5 Å². The number of carbonyl (C=O) groups excluding carboxylic acids is 3. The second-order valence-corrected chi connectivity index (χ2v) is 9.85. The highest BCUT2D eigenvalue weighted by Crippen LogP contribution is 2.31. The van der Waals surface area contributed by atoms with Crippen molar-refractivity contribution in [2.75, 3.05) is 13.7 Å². The van der Waals surface area contributed by atoms with E-state index in [1.54, 1.807) is 13.8 Å². The molecule has 1 heterocycles. The first-order valence-corrected chi connectivity index (χ1v) is 11.9. The third-order valence-electron chi connectivity index (χ3n) is 5.04. The maximum Gasteiger partial charge on any atom is 0.338 e. The second kappa shape index (κ2) is 10.8. The normalized spacial score (nSPS) is 18.0. The number of benzene rings is 1. The first-order chi connectivity index (χ1) is 15.0. The van der Waals surface area contributed by atoms with Crippen molar-refractivity contribution in [3.63, 3.8) is 0 Å². The number of sulfonamides is 1. The number of hydrogen-bond acceptors (Lipinski definition) is 7. The zero-order valence-electron chi connectivity index (χ0n) is 19.0. The number of rotatable bonds is 7. The smallest absolute Gasteiger partial charge is 0.338 e. The Hall–Kier alpha value is -2.66. The maximum absolute atomic E-state index is 13.3. The molecule has 11 heteroatoms. The van der Waals surface area contributed by atoms with Gasteiger partial charge >= 0.3 is 12.0 Å². The minimum Gasteiger partial charge on any atom is -0.495 e. The number of carbonyl (C=O) groups is 3. The minimum absolute atomic E-state index is 0.0553. The summed E-state index contributed by atoms with van der Waals surface area (Å²) >= 11 is 0. The van der Waals surface area contributed by atoms with Gasteiger partial charge in [-0.25, -0.2) is 18.0 Å². The summed E-state index contributed by atoms with van der Waals surface area (Å²) in [5.74, 6) is -1.60. The lowest BCUT2D eigenvalue weighted by molar-refractivity contribution is -0.127. The molecule has 10 nitrogen and oxygen atoms in total. The van der Waals surface area contributed by atoms with E-state index in [2.05, 4.69) is 10.6 Å². The molecule has 1 aliphatic rings. The molecule has 0 radical (unpaired) electrons. The molecule has 2 atom stereocenters. The quantitative estimate of drug-likeness (QED) is 0.584. The Balaban J connectivity index is 2.21. The van der Waals surface area contributed by atoms with Gasteiger partial charge in [-0.05, 0) is 58.7 Å². The van der Waals surface area contributed by atoms with Gasteiger partial charge in [0.2, 0.25) is 10.0 Å². The fraction of sp³-hybridized carbons (Fsp3) is 0.571. The topological polar surface area (TPSA) is 131 Å². The number of nitrogens with one attached hydrogen (secondary N) is 2. The van der Waals surface area contributed by atoms with Crippen molar-refractivity contribution in [3.8, 4) is 5.75 Å². The molecule has 2 unspecified atom stereocenters. The Bertz CT molecular complexity index is 962. The molecule has 0 saturated carbocycles. The summed E-state index contributed by atoms with van der Waals surface area (Å²) in [6.45, 7) is 7.00. The van der Waals surface area contributed by atoms with Gasteiger partial charge in [-0.2, -0.15) is 4.31 Å². The number of nitrogens with zero attached hydrogens (tertiary/aromatic N) is 1. The van der Waals surface area contributed by atoms with E-state index in [1.807, 2.05) is 6.92 Å². The van der Waals surface area contributed by atoms with Crippen LogP contribution in [0.2, 0.25) is 0 Å². The number of piperidine rings is 1. The van der Waals surface area contributed by atoms with Gasteiger partial charge in [0.1, 0.15) is 10.6 Å². The number of imide groups is 1. The second-order valence-electron chi connectivity index (χ2n) is 7.99. The van der Waals surface area contributed by atoms with Crippen LogP contribution >= 0.6 is 0 Å². The van der Waals surface area contributed by atoms with Crippen molar-refractivity contribution in [2.45, 2.75) is 70.0 Å². The minimum atomic E-state index is -3.91. The number of urea groups is 1. The summed E-state index contributed by atoms with van der Waals surface area (Å²) in [5, 5.41) is 4.57. The predicted molar refractivity (Wildman–Crippen MR) is 117 cm³/mol. The lowest BCUT2D eigenvalue weighted by Crippen LogP contribution is -2.46. The van der Waals surface area contributed by atoms with Gasteiger partial charge in [0.05, 0.1) is 12.7 Å². The molecule has 2 rings (SSSR count). The molecule has 0 aliphatic carbocycles. The lowest BCUT2D eigenvalue weighted by Gasteiger charge is -2.32. The highest BCUT2D eigenvalue weighted by Gasteiger charge is 2.34. The van der Waals surface area contributed by atoms with Crippen LogP contribution in [0.1, 0.15) is 57.3 Å². The van der Waals surface area contributed by atoms with Crippen LogP contribution in [0.5, 0.6) is 5.75 Å². The van der Waals surface area contributed by atoms with Crippen molar-refractivity contribution < 1.29 is 32.3 Å². The summed E-state index contributed by atoms with van der Waals surface area (Å²) in [7, 11) is -2.57. The van der Waals surface area contributed by atoms with Gasteiger partial charge in [-0.3, -0.25) is 10.1 Å². The molecule has 1 aliphatic heterocycles. The van der Waals surface area contributed by atoms with Gasteiger partial charge in [-0.1, -0.05) is 6.42 Å². The Morgan fingerprint density at radius 1 is 1.16 bits per heavy atom. The van der Waals surface area contributed by atoms with Gasteiger partial charge < -0.3 is 14.8 Å². The van der Waals surface area contributed by atoms with E-state index in [-0.39, 0.29) is 28.3 Å². The molecule has 3 amide bonds. The Labute approximate surface area is 188 Å². The van der Waals surface area contributed by atoms with Crippen LogP contribution in [0.25, 0.3) is 0 Å². The van der Waals surface area contributed by atoms with Crippen molar-refractivity contribution in [1.29, 1.82) is 0 Å². The van der Waals surface area contributed by atoms with Crippen LogP contribution in [-0.2, 0) is 19.6 Å². The molecule has 0 bridgehead atoms. The van der Waals surface area contributed by atoms with Crippen molar-refractivity contribution >= 4 is 27.9 Å². The number of ether oxygens (including phenoxy) is 2. The molecule has 0 aromatic heterocycles. The first-order valence-electron chi connectivity index (χ1n) is 10.5. The zero-order valence-corrected chi connectivity index (χ0v) is 19.8. The van der Waals surface area contributed by atoms with Gasteiger partial charge in [0.15, 0.2) is 6.10 Å². The van der Waals surface area contributed by atoms with Crippen molar-refractivity contribution in [2.24, 2.45) is 0 Å². The van der Waals surface area contributed by atoms with Crippen LogP contribution in [0.4, 0.5) is 4.79 Å². The predicted octanol–water partition coefficient (Wildman–Crippen LogP) is 2.04. The molecule has 1 fully saturated rings. The van der Waals surface area contributed by atoms with Gasteiger partial charge in [-0.15, -0.1) is 0 Å². The molecule has 1 aromatic rings. The molecule has 32 heavy (non-hydrogen) atoms. The monoisotopic (exact) mass is 469 g/mol. The maximum atomic E-state index is 13.3. The molecule has 178 valence electrons. The molecular weight excluding hydrogens is 438 g/mol. The third kappa shape index (κ3) is 6.19. The van der Waals surface area contributed by atoms with Crippen LogP contribution in [0.15, 0.2) is 23.1 Å². The summed E-state index contributed by atoms with van der Waals surface area (Å²) < 4.78 is 38.3. The SMILES string of the molecule is COc1ccc(C(=O)OC(C)C(=O)NC(=O)NC(C)C)cc1S(=O)(=O)N1CCCCC1C. The first kappa shape index (κ1) is 25.6. The van der Waals surface area contributed by atoms with Crippen LogP contribution < -0.4 is 15.4 Å². The third-order valence-corrected chi connectivity index (χ3v) is 7.07. The largest absolute Gasteiger partial charge is 0.495 e. The number of esters is 1. The average Bonchev–Trinajstić information content (AvgIpc) is 2.72. The standard InChI is InChI=1S/C21H31N3O7S/c1-13(2)22-21(27)23-19(25)15(4)31-20(26)16-9-10-17(30-5)18(12-16)32(28,29)24-11-7-6-8-14(24)3/h9-10,12-15H,6-8,11H2,1-5H3,(H2,22,23,25,27). The fourth-order valence-electron chi connectivity index (χ4n) is 3.35. The van der Waals surface area contributed by atoms with E-state index in [4.69, 9.17) is 9.47 Å². The van der Waals surface area contributed by atoms with Gasteiger partial charge in [0.25, 0.3) is 5.91 Å². The van der Waals surface area contributed by atoms with Crippen LogP contribution in [0, 0.1) is 0 Å². The fourth-order valence-corrected chi connectivity index (χ4v) is 5.24.